The van der Waals surface area contributed by atoms with Crippen LogP contribution in [-0.2, 0) is 9.53 Å². The molecular weight excluding hydrogens is 290 g/mol. The Morgan fingerprint density at radius 1 is 1.24 bits per heavy atom. The van der Waals surface area contributed by atoms with Gasteiger partial charge in [0.05, 0.1) is 24.7 Å². The summed E-state index contributed by atoms with van der Waals surface area (Å²) in [5.74, 6) is -5.20. The van der Waals surface area contributed by atoms with E-state index >= 15 is 0 Å². The minimum Gasteiger partial charge on any atom is -0.478 e. The number of halogens is 2. The molecule has 1 aromatic rings. The molecule has 3 N–H and O–H groups in total. The van der Waals surface area contributed by atoms with Gasteiger partial charge < -0.3 is 20.1 Å². The number of rotatable bonds is 6. The molecule has 0 aliphatic heterocycles. The second-order valence-corrected chi connectivity index (χ2v) is 4.18. The Morgan fingerprint density at radius 3 is 2.33 bits per heavy atom. The smallest absolute Gasteiger partial charge is 0.336 e. The van der Waals surface area contributed by atoms with Crippen molar-refractivity contribution >= 4 is 11.9 Å². The van der Waals surface area contributed by atoms with Gasteiger partial charge in [-0.15, -0.1) is 0 Å². The fraction of sp³-hybridized carbons (Fsp3) is 0.385. The molecule has 0 saturated carbocycles. The lowest BCUT2D eigenvalue weighted by Gasteiger charge is -2.19. The SMILES string of the molecule is CCOC(=O)CC(O)C(O)c1cc(F)c(F)cc1C(=O)O. The average Bonchev–Trinajstić information content (AvgIpc) is 2.40. The summed E-state index contributed by atoms with van der Waals surface area (Å²) in [6.07, 6.45) is -4.21. The van der Waals surface area contributed by atoms with Crippen molar-refractivity contribution in [3.05, 3.63) is 34.9 Å². The number of aromatic carboxylic acids is 1. The van der Waals surface area contributed by atoms with Crippen LogP contribution in [0, 0.1) is 11.6 Å². The number of aliphatic hydroxyl groups excluding tert-OH is 2. The summed E-state index contributed by atoms with van der Waals surface area (Å²) in [6, 6.07) is 0.866. The fourth-order valence-corrected chi connectivity index (χ4v) is 1.70. The van der Waals surface area contributed by atoms with Gasteiger partial charge in [-0.05, 0) is 19.1 Å². The molecule has 0 bridgehead atoms. The van der Waals surface area contributed by atoms with E-state index in [0.717, 1.165) is 0 Å². The number of carbonyl (C=O) groups is 2. The topological polar surface area (TPSA) is 104 Å². The number of hydrogen-bond donors (Lipinski definition) is 3. The maximum atomic E-state index is 13.2. The summed E-state index contributed by atoms with van der Waals surface area (Å²) in [5, 5.41) is 28.4. The molecule has 0 aliphatic rings. The van der Waals surface area contributed by atoms with E-state index in [1.165, 1.54) is 0 Å². The minimum absolute atomic E-state index is 0.0627. The Morgan fingerprint density at radius 2 is 1.81 bits per heavy atom. The number of hydrogen-bond acceptors (Lipinski definition) is 5. The van der Waals surface area contributed by atoms with Crippen molar-refractivity contribution in [2.75, 3.05) is 6.61 Å². The van der Waals surface area contributed by atoms with Gasteiger partial charge in [0.15, 0.2) is 11.6 Å². The molecule has 2 atom stereocenters. The van der Waals surface area contributed by atoms with Crippen LogP contribution < -0.4 is 0 Å². The number of benzene rings is 1. The highest BCUT2D eigenvalue weighted by Crippen LogP contribution is 2.25. The molecule has 1 rings (SSSR count). The minimum atomic E-state index is -1.88. The Hall–Kier alpha value is -2.06. The Kier molecular flexibility index (Phi) is 5.74. The van der Waals surface area contributed by atoms with E-state index in [4.69, 9.17) is 5.11 Å². The van der Waals surface area contributed by atoms with Crippen molar-refractivity contribution in [3.63, 3.8) is 0 Å². The third-order valence-electron chi connectivity index (χ3n) is 2.69. The Balaban J connectivity index is 3.05. The van der Waals surface area contributed by atoms with Gasteiger partial charge in [-0.3, -0.25) is 4.79 Å². The van der Waals surface area contributed by atoms with Crippen molar-refractivity contribution in [3.8, 4) is 0 Å². The first-order valence-electron chi connectivity index (χ1n) is 6.01. The molecule has 1 aromatic carbocycles. The van der Waals surface area contributed by atoms with E-state index in [2.05, 4.69) is 4.74 Å². The van der Waals surface area contributed by atoms with Gasteiger partial charge in [-0.1, -0.05) is 0 Å². The van der Waals surface area contributed by atoms with Gasteiger partial charge in [-0.25, -0.2) is 13.6 Å². The molecule has 116 valence electrons. The van der Waals surface area contributed by atoms with Crippen LogP contribution in [0.25, 0.3) is 0 Å². The van der Waals surface area contributed by atoms with Crippen LogP contribution in [0.3, 0.4) is 0 Å². The van der Waals surface area contributed by atoms with Gasteiger partial charge >= 0.3 is 11.9 Å². The zero-order chi connectivity index (χ0) is 16.2. The molecule has 0 heterocycles. The van der Waals surface area contributed by atoms with E-state index in [1.54, 1.807) is 6.92 Å². The molecule has 8 heteroatoms. The van der Waals surface area contributed by atoms with Gasteiger partial charge in [0.2, 0.25) is 0 Å². The number of ether oxygens (including phenoxy) is 1. The highest BCUT2D eigenvalue weighted by molar-refractivity contribution is 5.89. The molecule has 0 fully saturated rings. The molecule has 0 amide bonds. The number of esters is 1. The van der Waals surface area contributed by atoms with Crippen LogP contribution >= 0.6 is 0 Å². The number of carbonyl (C=O) groups excluding carboxylic acids is 1. The van der Waals surface area contributed by atoms with Gasteiger partial charge in [0.25, 0.3) is 0 Å². The maximum absolute atomic E-state index is 13.2. The molecule has 0 aliphatic carbocycles. The lowest BCUT2D eigenvalue weighted by atomic mass is 9.96. The molecule has 6 nitrogen and oxygen atoms in total. The maximum Gasteiger partial charge on any atom is 0.336 e. The Bertz CT molecular complexity index is 546. The van der Waals surface area contributed by atoms with Crippen molar-refractivity contribution in [2.45, 2.75) is 25.6 Å². The summed E-state index contributed by atoms with van der Waals surface area (Å²) in [6.45, 7) is 1.60. The number of aliphatic hydroxyl groups is 2. The molecule has 0 aromatic heterocycles. The lowest BCUT2D eigenvalue weighted by Crippen LogP contribution is -2.25. The highest BCUT2D eigenvalue weighted by Gasteiger charge is 2.27. The highest BCUT2D eigenvalue weighted by atomic mass is 19.2. The normalized spacial score (nSPS) is 13.6. The summed E-state index contributed by atoms with van der Waals surface area (Å²) < 4.78 is 30.8. The Labute approximate surface area is 118 Å². The van der Waals surface area contributed by atoms with E-state index in [9.17, 15) is 28.6 Å². The van der Waals surface area contributed by atoms with Crippen LogP contribution in [0.1, 0.15) is 35.4 Å². The van der Waals surface area contributed by atoms with Crippen molar-refractivity contribution < 1.29 is 38.4 Å². The van der Waals surface area contributed by atoms with E-state index < -0.39 is 53.3 Å². The third-order valence-corrected chi connectivity index (χ3v) is 2.69. The number of carboxylic acids is 1. The second-order valence-electron chi connectivity index (χ2n) is 4.18. The predicted molar refractivity (Wildman–Crippen MR) is 65.5 cm³/mol. The van der Waals surface area contributed by atoms with Crippen molar-refractivity contribution in [2.24, 2.45) is 0 Å². The van der Waals surface area contributed by atoms with Crippen molar-refractivity contribution in [1.29, 1.82) is 0 Å². The van der Waals surface area contributed by atoms with Crippen LogP contribution in [0.2, 0.25) is 0 Å². The molecule has 2 unspecified atom stereocenters. The average molecular weight is 304 g/mol. The third kappa shape index (κ3) is 4.20. The first-order valence-corrected chi connectivity index (χ1v) is 6.01. The summed E-state index contributed by atoms with van der Waals surface area (Å²) >= 11 is 0. The van der Waals surface area contributed by atoms with E-state index in [-0.39, 0.29) is 6.61 Å². The standard InChI is InChI=1S/C13H14F2O6/c1-2-21-11(17)5-10(16)12(18)6-3-8(14)9(15)4-7(6)13(19)20/h3-4,10,12,16,18H,2,5H2,1H3,(H,19,20). The fourth-order valence-electron chi connectivity index (χ4n) is 1.70. The zero-order valence-electron chi connectivity index (χ0n) is 11.0. The van der Waals surface area contributed by atoms with Crippen LogP contribution in [0.5, 0.6) is 0 Å². The van der Waals surface area contributed by atoms with E-state index in [1.807, 2.05) is 0 Å². The monoisotopic (exact) mass is 304 g/mol. The molecular formula is C13H14F2O6. The first-order chi connectivity index (χ1) is 9.77. The quantitative estimate of drug-likeness (QED) is 0.678. The second kappa shape index (κ2) is 7.09. The number of carboxylic acid groups (broad SMARTS) is 1. The summed E-state index contributed by atoms with van der Waals surface area (Å²) in [4.78, 5) is 22.1. The van der Waals surface area contributed by atoms with Crippen LogP contribution in [0.15, 0.2) is 12.1 Å². The van der Waals surface area contributed by atoms with Crippen LogP contribution in [0.4, 0.5) is 8.78 Å². The largest absolute Gasteiger partial charge is 0.478 e. The predicted octanol–water partition coefficient (Wildman–Crippen LogP) is 1.01. The zero-order valence-corrected chi connectivity index (χ0v) is 11.0. The lowest BCUT2D eigenvalue weighted by molar-refractivity contribution is -0.147. The first kappa shape index (κ1) is 17.0. The van der Waals surface area contributed by atoms with Crippen LogP contribution in [-0.4, -0.2) is 40.0 Å². The van der Waals surface area contributed by atoms with Crippen molar-refractivity contribution in [1.82, 2.24) is 0 Å². The summed E-state index contributed by atoms with van der Waals surface area (Å²) in [5.41, 5.74) is -1.23. The van der Waals surface area contributed by atoms with Gasteiger partial charge in [0.1, 0.15) is 6.10 Å². The summed E-state index contributed by atoms with van der Waals surface area (Å²) in [7, 11) is 0. The van der Waals surface area contributed by atoms with Gasteiger partial charge in [-0.2, -0.15) is 0 Å². The molecule has 0 saturated heterocycles. The molecule has 0 spiro atoms. The van der Waals surface area contributed by atoms with E-state index in [0.29, 0.717) is 12.1 Å². The molecule has 0 radical (unpaired) electrons. The molecule has 21 heavy (non-hydrogen) atoms. The van der Waals surface area contributed by atoms with Gasteiger partial charge in [0, 0.05) is 5.56 Å².